The maximum atomic E-state index is 10.7. The van der Waals surface area contributed by atoms with Crippen LogP contribution in [0.25, 0.3) is 0 Å². The van der Waals surface area contributed by atoms with E-state index in [1.165, 1.54) is 12.5 Å². The molecular weight excluding hydrogens is 176 g/mol. The summed E-state index contributed by atoms with van der Waals surface area (Å²) in [5, 5.41) is 0. The van der Waals surface area contributed by atoms with E-state index in [1.54, 1.807) is 0 Å². The highest BCUT2D eigenvalue weighted by Crippen LogP contribution is 2.05. The van der Waals surface area contributed by atoms with Gasteiger partial charge in [-0.2, -0.15) is 4.99 Å². The molecule has 0 atom stereocenters. The molecule has 1 rings (SSSR count). The number of rotatable bonds is 2. The van der Waals surface area contributed by atoms with Gasteiger partial charge in [-0.25, -0.2) is 0 Å². The number of hydrogen-bond donors (Lipinski definition) is 1. The maximum Gasteiger partial charge on any atom is 0.244 e. The number of hydrogen-bond acceptors (Lipinski definition) is 1. The Labute approximate surface area is 83.7 Å². The lowest BCUT2D eigenvalue weighted by molar-refractivity contribution is -0.115. The minimum Gasteiger partial charge on any atom is -0.383 e. The molecule has 0 aliphatic rings. The zero-order valence-corrected chi connectivity index (χ0v) is 8.45. The SMILES string of the molecule is CCc1cccc(C(N)=NC(C)=O)c1. The van der Waals surface area contributed by atoms with Crippen molar-refractivity contribution < 1.29 is 4.79 Å². The fraction of sp³-hybridized carbons (Fsp3) is 0.273. The number of nitrogens with zero attached hydrogens (tertiary/aromatic N) is 1. The summed E-state index contributed by atoms with van der Waals surface area (Å²) in [6, 6.07) is 7.73. The largest absolute Gasteiger partial charge is 0.383 e. The Bertz CT molecular complexity index is 369. The zero-order chi connectivity index (χ0) is 10.6. The maximum absolute atomic E-state index is 10.7. The van der Waals surface area contributed by atoms with Crippen molar-refractivity contribution in [2.75, 3.05) is 0 Å². The first-order chi connectivity index (χ1) is 6.63. The molecule has 74 valence electrons. The lowest BCUT2D eigenvalue weighted by Crippen LogP contribution is -2.15. The topological polar surface area (TPSA) is 55.4 Å². The van der Waals surface area contributed by atoms with Crippen molar-refractivity contribution in [2.45, 2.75) is 20.3 Å². The van der Waals surface area contributed by atoms with Gasteiger partial charge in [-0.1, -0.05) is 25.1 Å². The van der Waals surface area contributed by atoms with Gasteiger partial charge in [-0.3, -0.25) is 4.79 Å². The van der Waals surface area contributed by atoms with Gasteiger partial charge in [0.1, 0.15) is 5.84 Å². The molecule has 3 heteroatoms. The second kappa shape index (κ2) is 4.56. The van der Waals surface area contributed by atoms with Gasteiger partial charge in [0.2, 0.25) is 5.91 Å². The van der Waals surface area contributed by atoms with E-state index in [1.807, 2.05) is 24.3 Å². The molecule has 1 amide bonds. The monoisotopic (exact) mass is 190 g/mol. The predicted molar refractivity (Wildman–Crippen MR) is 57.2 cm³/mol. The van der Waals surface area contributed by atoms with Crippen molar-refractivity contribution in [3.05, 3.63) is 35.4 Å². The molecule has 0 unspecified atom stereocenters. The van der Waals surface area contributed by atoms with Crippen LogP contribution in [0.3, 0.4) is 0 Å². The number of amides is 1. The standard InChI is InChI=1S/C11H14N2O/c1-3-9-5-4-6-10(7-9)11(12)13-8(2)14/h4-7H,3H2,1-2H3,(H2,12,13,14). The molecule has 0 fully saturated rings. The van der Waals surface area contributed by atoms with Gasteiger partial charge in [0.15, 0.2) is 0 Å². The summed E-state index contributed by atoms with van der Waals surface area (Å²) in [6.45, 7) is 3.45. The average Bonchev–Trinajstić information content (AvgIpc) is 2.17. The Morgan fingerprint density at radius 1 is 1.50 bits per heavy atom. The first kappa shape index (κ1) is 10.4. The molecular formula is C11H14N2O. The van der Waals surface area contributed by atoms with Crippen LogP contribution in [-0.2, 0) is 11.2 Å². The number of amidine groups is 1. The van der Waals surface area contributed by atoms with E-state index >= 15 is 0 Å². The van der Waals surface area contributed by atoms with Gasteiger partial charge < -0.3 is 5.73 Å². The fourth-order valence-corrected chi connectivity index (χ4v) is 1.18. The predicted octanol–water partition coefficient (Wildman–Crippen LogP) is 1.50. The van der Waals surface area contributed by atoms with Crippen LogP contribution in [0.5, 0.6) is 0 Å². The van der Waals surface area contributed by atoms with Crippen LogP contribution in [0.2, 0.25) is 0 Å². The van der Waals surface area contributed by atoms with Gasteiger partial charge in [0.25, 0.3) is 0 Å². The van der Waals surface area contributed by atoms with Crippen LogP contribution in [0, 0.1) is 0 Å². The molecule has 0 aromatic heterocycles. The molecule has 0 saturated carbocycles. The quantitative estimate of drug-likeness (QED) is 0.567. The van der Waals surface area contributed by atoms with Crippen LogP contribution >= 0.6 is 0 Å². The second-order valence-electron chi connectivity index (χ2n) is 3.07. The minimum absolute atomic E-state index is 0.274. The van der Waals surface area contributed by atoms with E-state index in [9.17, 15) is 4.79 Å². The third-order valence-electron chi connectivity index (χ3n) is 1.91. The summed E-state index contributed by atoms with van der Waals surface area (Å²) in [7, 11) is 0. The van der Waals surface area contributed by atoms with Gasteiger partial charge in [-0.15, -0.1) is 0 Å². The van der Waals surface area contributed by atoms with Crippen LogP contribution < -0.4 is 5.73 Å². The Morgan fingerprint density at radius 2 is 2.21 bits per heavy atom. The van der Waals surface area contributed by atoms with Gasteiger partial charge >= 0.3 is 0 Å². The molecule has 0 aliphatic carbocycles. The molecule has 0 spiro atoms. The van der Waals surface area contributed by atoms with Gasteiger partial charge in [0, 0.05) is 12.5 Å². The first-order valence-corrected chi connectivity index (χ1v) is 4.57. The highest BCUT2D eigenvalue weighted by Gasteiger charge is 2.00. The highest BCUT2D eigenvalue weighted by atomic mass is 16.1. The summed E-state index contributed by atoms with van der Waals surface area (Å²) in [4.78, 5) is 14.4. The number of carbonyl (C=O) groups is 1. The van der Waals surface area contributed by atoms with Crippen molar-refractivity contribution in [3.8, 4) is 0 Å². The number of nitrogens with two attached hydrogens (primary N) is 1. The van der Waals surface area contributed by atoms with E-state index in [0.717, 1.165) is 12.0 Å². The van der Waals surface area contributed by atoms with E-state index in [-0.39, 0.29) is 11.7 Å². The lowest BCUT2D eigenvalue weighted by atomic mass is 10.1. The normalized spacial score (nSPS) is 11.4. The summed E-state index contributed by atoms with van der Waals surface area (Å²) < 4.78 is 0. The minimum atomic E-state index is -0.274. The van der Waals surface area contributed by atoms with Crippen LogP contribution in [0.4, 0.5) is 0 Å². The van der Waals surface area contributed by atoms with Crippen molar-refractivity contribution in [1.29, 1.82) is 0 Å². The van der Waals surface area contributed by atoms with E-state index < -0.39 is 0 Å². The lowest BCUT2D eigenvalue weighted by Gasteiger charge is -2.01. The van der Waals surface area contributed by atoms with Crippen molar-refractivity contribution >= 4 is 11.7 Å². The van der Waals surface area contributed by atoms with Gasteiger partial charge in [0.05, 0.1) is 0 Å². The summed E-state index contributed by atoms with van der Waals surface area (Å²) in [6.07, 6.45) is 0.946. The van der Waals surface area contributed by atoms with Crippen molar-refractivity contribution in [2.24, 2.45) is 10.7 Å². The molecule has 0 bridgehead atoms. The molecule has 14 heavy (non-hydrogen) atoms. The molecule has 1 aromatic rings. The smallest absolute Gasteiger partial charge is 0.244 e. The highest BCUT2D eigenvalue weighted by molar-refractivity contribution is 6.03. The Morgan fingerprint density at radius 3 is 2.79 bits per heavy atom. The Balaban J connectivity index is 3.01. The molecule has 0 saturated heterocycles. The van der Waals surface area contributed by atoms with E-state index in [2.05, 4.69) is 11.9 Å². The molecule has 1 aromatic carbocycles. The van der Waals surface area contributed by atoms with E-state index in [4.69, 9.17) is 5.73 Å². The van der Waals surface area contributed by atoms with Gasteiger partial charge in [-0.05, 0) is 18.1 Å². The summed E-state index contributed by atoms with van der Waals surface area (Å²) >= 11 is 0. The van der Waals surface area contributed by atoms with E-state index in [0.29, 0.717) is 0 Å². The molecule has 0 radical (unpaired) electrons. The summed E-state index contributed by atoms with van der Waals surface area (Å²) in [5.41, 5.74) is 7.64. The Kier molecular flexibility index (Phi) is 3.40. The first-order valence-electron chi connectivity index (χ1n) is 4.57. The van der Waals surface area contributed by atoms with Crippen molar-refractivity contribution in [3.63, 3.8) is 0 Å². The number of aryl methyl sites for hydroxylation is 1. The number of aliphatic imine (C=N–C) groups is 1. The van der Waals surface area contributed by atoms with Crippen molar-refractivity contribution in [1.82, 2.24) is 0 Å². The molecule has 0 heterocycles. The second-order valence-corrected chi connectivity index (χ2v) is 3.07. The van der Waals surface area contributed by atoms with Crippen LogP contribution in [0.1, 0.15) is 25.0 Å². The third kappa shape index (κ3) is 2.69. The van der Waals surface area contributed by atoms with Crippen LogP contribution in [0.15, 0.2) is 29.3 Å². The fourth-order valence-electron chi connectivity index (χ4n) is 1.18. The number of benzene rings is 1. The summed E-state index contributed by atoms with van der Waals surface area (Å²) in [5.74, 6) is 0.0113. The Hall–Kier alpha value is -1.64. The van der Waals surface area contributed by atoms with Crippen LogP contribution in [-0.4, -0.2) is 11.7 Å². The average molecular weight is 190 g/mol. The third-order valence-corrected chi connectivity index (χ3v) is 1.91. The molecule has 3 nitrogen and oxygen atoms in total. The zero-order valence-electron chi connectivity index (χ0n) is 8.45. The molecule has 0 aliphatic heterocycles. The molecule has 2 N–H and O–H groups in total. The number of carbonyl (C=O) groups excluding carboxylic acids is 1.